The molecule has 2 heterocycles. The molecule has 0 radical (unpaired) electrons. The molecule has 0 aromatic rings. The van der Waals surface area contributed by atoms with E-state index in [0.29, 0.717) is 26.1 Å². The zero-order valence-electron chi connectivity index (χ0n) is 15.7. The highest BCUT2D eigenvalue weighted by Crippen LogP contribution is 2.40. The average molecular weight is 375 g/mol. The fraction of sp³-hybridized carbons (Fsp3) is 0.941. The molecule has 2 aliphatic heterocycles. The topological polar surface area (TPSA) is 76.2 Å². The van der Waals surface area contributed by atoms with Crippen LogP contribution in [0.3, 0.4) is 0 Å². The van der Waals surface area contributed by atoms with Crippen molar-refractivity contribution in [3.63, 3.8) is 0 Å². The van der Waals surface area contributed by atoms with Crippen LogP contribution in [-0.2, 0) is 19.5 Å². The third-order valence-corrected chi connectivity index (χ3v) is 7.79. The molecular weight excluding hydrogens is 344 g/mol. The van der Waals surface area contributed by atoms with Crippen molar-refractivity contribution in [2.75, 3.05) is 26.7 Å². The minimum absolute atomic E-state index is 0.0984. The van der Waals surface area contributed by atoms with Crippen LogP contribution in [0.25, 0.3) is 0 Å². The first-order chi connectivity index (χ1) is 11.5. The lowest BCUT2D eigenvalue weighted by Gasteiger charge is -2.39. The van der Waals surface area contributed by atoms with E-state index in [4.69, 9.17) is 9.47 Å². The van der Waals surface area contributed by atoms with Crippen molar-refractivity contribution < 1.29 is 22.7 Å². The number of likely N-dealkylation sites (N-methyl/N-ethyl adjacent to an activating group) is 1. The van der Waals surface area contributed by atoms with Crippen molar-refractivity contribution in [3.05, 3.63) is 0 Å². The standard InChI is InChI=1S/C17H30N2O5S/c1-16(2,3)24-15(20)19-9-7-17(8-10-19)11-13(12-23-17)18(4)25(21,22)14-5-6-14/h13-14H,5-12H2,1-4H3/t13-/m1/s1. The summed E-state index contributed by atoms with van der Waals surface area (Å²) in [6, 6.07) is -0.0984. The molecule has 3 rings (SSSR count). The van der Waals surface area contributed by atoms with E-state index in [0.717, 1.165) is 25.7 Å². The highest BCUT2D eigenvalue weighted by Gasteiger charge is 2.49. The van der Waals surface area contributed by atoms with Gasteiger partial charge in [0, 0.05) is 20.1 Å². The van der Waals surface area contributed by atoms with Gasteiger partial charge < -0.3 is 14.4 Å². The maximum atomic E-state index is 12.4. The Morgan fingerprint density at radius 2 is 1.84 bits per heavy atom. The van der Waals surface area contributed by atoms with Crippen LogP contribution in [0, 0.1) is 0 Å². The quantitative estimate of drug-likeness (QED) is 0.755. The molecular formula is C17H30N2O5S. The molecule has 8 heteroatoms. The number of rotatable bonds is 3. The van der Waals surface area contributed by atoms with Gasteiger partial charge in [-0.3, -0.25) is 0 Å². The number of hydrogen-bond acceptors (Lipinski definition) is 5. The Labute approximate surface area is 150 Å². The summed E-state index contributed by atoms with van der Waals surface area (Å²) in [5.41, 5.74) is -0.808. The van der Waals surface area contributed by atoms with E-state index >= 15 is 0 Å². The number of ether oxygens (including phenoxy) is 2. The molecule has 1 aliphatic carbocycles. The summed E-state index contributed by atoms with van der Waals surface area (Å²) in [5.74, 6) is 0. The number of amides is 1. The summed E-state index contributed by atoms with van der Waals surface area (Å²) in [5, 5.41) is -0.192. The summed E-state index contributed by atoms with van der Waals surface area (Å²) in [7, 11) is -1.50. The molecule has 1 saturated carbocycles. The molecule has 0 aromatic heterocycles. The predicted molar refractivity (Wildman–Crippen MR) is 93.8 cm³/mol. The summed E-state index contributed by atoms with van der Waals surface area (Å²) in [4.78, 5) is 13.9. The zero-order valence-corrected chi connectivity index (χ0v) is 16.5. The number of carbonyl (C=O) groups excluding carboxylic acids is 1. The lowest BCUT2D eigenvalue weighted by molar-refractivity contribution is -0.0487. The third kappa shape index (κ3) is 4.11. The summed E-state index contributed by atoms with van der Waals surface area (Å²) < 4.78 is 37.9. The smallest absolute Gasteiger partial charge is 0.410 e. The van der Waals surface area contributed by atoms with Gasteiger partial charge in [0.15, 0.2) is 0 Å². The highest BCUT2D eigenvalue weighted by molar-refractivity contribution is 7.90. The monoisotopic (exact) mass is 374 g/mol. The fourth-order valence-electron chi connectivity index (χ4n) is 3.63. The van der Waals surface area contributed by atoms with Crippen LogP contribution in [0.15, 0.2) is 0 Å². The molecule has 1 spiro atoms. The fourth-order valence-corrected chi connectivity index (χ4v) is 5.39. The first-order valence-electron chi connectivity index (χ1n) is 9.11. The first-order valence-corrected chi connectivity index (χ1v) is 10.6. The summed E-state index contributed by atoms with van der Waals surface area (Å²) in [6.07, 6.45) is 3.41. The lowest BCUT2D eigenvalue weighted by Crippen LogP contribution is -2.48. The second-order valence-corrected chi connectivity index (χ2v) is 10.9. The molecule has 0 aromatic carbocycles. The maximum absolute atomic E-state index is 12.4. The summed E-state index contributed by atoms with van der Waals surface area (Å²) >= 11 is 0. The van der Waals surface area contributed by atoms with E-state index in [-0.39, 0.29) is 23.0 Å². The molecule has 2 saturated heterocycles. The molecule has 3 aliphatic rings. The van der Waals surface area contributed by atoms with Gasteiger partial charge in [-0.05, 0) is 52.9 Å². The van der Waals surface area contributed by atoms with Crippen molar-refractivity contribution >= 4 is 16.1 Å². The van der Waals surface area contributed by atoms with Gasteiger partial charge in [0.2, 0.25) is 10.0 Å². The van der Waals surface area contributed by atoms with Gasteiger partial charge in [0.1, 0.15) is 5.60 Å². The number of sulfonamides is 1. The number of likely N-dealkylation sites (tertiary alicyclic amines) is 1. The van der Waals surface area contributed by atoms with Crippen molar-refractivity contribution in [2.45, 2.75) is 75.4 Å². The number of carbonyl (C=O) groups is 1. The zero-order chi connectivity index (χ0) is 18.5. The van der Waals surface area contributed by atoms with Gasteiger partial charge >= 0.3 is 6.09 Å². The van der Waals surface area contributed by atoms with E-state index in [1.54, 1.807) is 11.9 Å². The number of hydrogen-bond donors (Lipinski definition) is 0. The Hall–Kier alpha value is -0.860. The van der Waals surface area contributed by atoms with Crippen LogP contribution in [-0.4, -0.2) is 73.0 Å². The first kappa shape index (κ1) is 18.9. The van der Waals surface area contributed by atoms with E-state index in [1.807, 2.05) is 20.8 Å². The molecule has 0 unspecified atom stereocenters. The van der Waals surface area contributed by atoms with Crippen molar-refractivity contribution in [2.24, 2.45) is 0 Å². The highest BCUT2D eigenvalue weighted by atomic mass is 32.2. The summed E-state index contributed by atoms with van der Waals surface area (Å²) in [6.45, 7) is 7.18. The normalized spacial score (nSPS) is 27.1. The van der Waals surface area contributed by atoms with Crippen molar-refractivity contribution in [1.29, 1.82) is 0 Å². The third-order valence-electron chi connectivity index (χ3n) is 5.38. The molecule has 0 N–H and O–H groups in total. The van der Waals surface area contributed by atoms with Gasteiger partial charge in [-0.1, -0.05) is 0 Å². The van der Waals surface area contributed by atoms with Gasteiger partial charge in [-0.2, -0.15) is 4.31 Å². The minimum atomic E-state index is -3.18. The molecule has 25 heavy (non-hydrogen) atoms. The van der Waals surface area contributed by atoms with Crippen LogP contribution in [0.2, 0.25) is 0 Å². The van der Waals surface area contributed by atoms with Gasteiger partial charge in [0.25, 0.3) is 0 Å². The van der Waals surface area contributed by atoms with Crippen LogP contribution < -0.4 is 0 Å². The van der Waals surface area contributed by atoms with Gasteiger partial charge in [-0.25, -0.2) is 13.2 Å². The Morgan fingerprint density at radius 3 is 2.36 bits per heavy atom. The molecule has 144 valence electrons. The molecule has 7 nitrogen and oxygen atoms in total. The van der Waals surface area contributed by atoms with Gasteiger partial charge in [-0.15, -0.1) is 0 Å². The second kappa shape index (κ2) is 6.39. The Morgan fingerprint density at radius 1 is 1.24 bits per heavy atom. The van der Waals surface area contributed by atoms with E-state index < -0.39 is 15.6 Å². The van der Waals surface area contributed by atoms with Crippen LogP contribution in [0.4, 0.5) is 4.79 Å². The Kier molecular flexibility index (Phi) is 4.83. The molecule has 1 atom stereocenters. The Bertz CT molecular complexity index is 615. The van der Waals surface area contributed by atoms with E-state index in [2.05, 4.69) is 0 Å². The van der Waals surface area contributed by atoms with Crippen LogP contribution in [0.5, 0.6) is 0 Å². The number of piperidine rings is 1. The van der Waals surface area contributed by atoms with Crippen LogP contribution in [0.1, 0.15) is 52.9 Å². The second-order valence-electron chi connectivity index (χ2n) is 8.58. The Balaban J connectivity index is 1.55. The van der Waals surface area contributed by atoms with Crippen molar-refractivity contribution in [3.8, 4) is 0 Å². The van der Waals surface area contributed by atoms with E-state index in [9.17, 15) is 13.2 Å². The van der Waals surface area contributed by atoms with Crippen molar-refractivity contribution in [1.82, 2.24) is 9.21 Å². The largest absolute Gasteiger partial charge is 0.444 e. The SMILES string of the molecule is CN([C@H]1COC2(CCN(C(=O)OC(C)(C)C)CC2)C1)S(=O)(=O)C1CC1. The van der Waals surface area contributed by atoms with E-state index in [1.165, 1.54) is 4.31 Å². The molecule has 1 amide bonds. The number of nitrogens with zero attached hydrogens (tertiary/aromatic N) is 2. The van der Waals surface area contributed by atoms with Gasteiger partial charge in [0.05, 0.1) is 23.5 Å². The van der Waals surface area contributed by atoms with Crippen LogP contribution >= 0.6 is 0 Å². The molecule has 0 bridgehead atoms. The minimum Gasteiger partial charge on any atom is -0.444 e. The maximum Gasteiger partial charge on any atom is 0.410 e. The lowest BCUT2D eigenvalue weighted by atomic mass is 9.87. The average Bonchev–Trinajstić information content (AvgIpc) is 3.29. The predicted octanol–water partition coefficient (Wildman–Crippen LogP) is 1.97. The molecule has 3 fully saturated rings.